The molecule has 0 aromatic heterocycles. The first-order valence-electron chi connectivity index (χ1n) is 12.4. The molecule has 3 aliphatic rings. The van der Waals surface area contributed by atoms with E-state index in [1.54, 1.807) is 4.90 Å². The van der Waals surface area contributed by atoms with Crippen molar-refractivity contribution in [3.8, 4) is 0 Å². The number of hydrogen-bond donors (Lipinski definition) is 0. The van der Waals surface area contributed by atoms with Gasteiger partial charge in [-0.05, 0) is 45.6 Å². The normalized spacial score (nSPS) is 23.4. The summed E-state index contributed by atoms with van der Waals surface area (Å²) in [5, 5.41) is 0. The van der Waals surface area contributed by atoms with Gasteiger partial charge in [-0.25, -0.2) is 9.79 Å². The number of imide groups is 1. The van der Waals surface area contributed by atoms with E-state index in [4.69, 9.17) is 9.73 Å². The van der Waals surface area contributed by atoms with Gasteiger partial charge in [-0.3, -0.25) is 19.4 Å². The highest BCUT2D eigenvalue weighted by Gasteiger charge is 2.54. The van der Waals surface area contributed by atoms with E-state index in [9.17, 15) is 14.4 Å². The average molecular weight is 469 g/mol. The lowest BCUT2D eigenvalue weighted by molar-refractivity contribution is -0.159. The van der Waals surface area contributed by atoms with E-state index in [1.807, 2.05) is 62.9 Å². The van der Waals surface area contributed by atoms with Crippen molar-refractivity contribution in [2.45, 2.75) is 78.6 Å². The van der Waals surface area contributed by atoms with Gasteiger partial charge in [0.25, 0.3) is 5.91 Å². The van der Waals surface area contributed by atoms with Gasteiger partial charge < -0.3 is 9.64 Å². The molecule has 184 valence electrons. The third-order valence-electron chi connectivity index (χ3n) is 6.80. The Labute approximate surface area is 201 Å². The predicted molar refractivity (Wildman–Crippen MR) is 129 cm³/mol. The molecule has 1 aliphatic carbocycles. The molecule has 8 nitrogen and oxygen atoms in total. The molecule has 2 atom stereocenters. The van der Waals surface area contributed by atoms with E-state index in [2.05, 4.69) is 0 Å². The summed E-state index contributed by atoms with van der Waals surface area (Å²) < 4.78 is 5.69. The largest absolute Gasteiger partial charge is 0.444 e. The van der Waals surface area contributed by atoms with Gasteiger partial charge in [-0.15, -0.1) is 0 Å². The van der Waals surface area contributed by atoms with Crippen molar-refractivity contribution < 1.29 is 19.1 Å². The van der Waals surface area contributed by atoms with Crippen LogP contribution in [0.2, 0.25) is 0 Å². The monoisotopic (exact) mass is 468 g/mol. The number of aliphatic imine (C=N–C) groups is 1. The predicted octanol–water partition coefficient (Wildman–Crippen LogP) is 4.01. The van der Waals surface area contributed by atoms with Crippen molar-refractivity contribution >= 4 is 23.7 Å². The summed E-state index contributed by atoms with van der Waals surface area (Å²) in [5.74, 6) is 0.420. The van der Waals surface area contributed by atoms with Gasteiger partial charge in [-0.2, -0.15) is 0 Å². The molecule has 1 aromatic rings. The van der Waals surface area contributed by atoms with Crippen LogP contribution in [0.1, 0.15) is 65.4 Å². The first-order valence-corrected chi connectivity index (χ1v) is 12.4. The summed E-state index contributed by atoms with van der Waals surface area (Å²) in [6.45, 7) is 8.05. The van der Waals surface area contributed by atoms with E-state index in [0.29, 0.717) is 19.5 Å². The van der Waals surface area contributed by atoms with Gasteiger partial charge >= 0.3 is 12.0 Å². The summed E-state index contributed by atoms with van der Waals surface area (Å²) >= 11 is 0. The molecule has 1 saturated heterocycles. The van der Waals surface area contributed by atoms with E-state index in [-0.39, 0.29) is 30.6 Å². The molecule has 0 radical (unpaired) electrons. The zero-order valence-corrected chi connectivity index (χ0v) is 20.7. The number of urea groups is 1. The first-order chi connectivity index (χ1) is 16.2. The van der Waals surface area contributed by atoms with Crippen LogP contribution in [0.5, 0.6) is 0 Å². The number of ether oxygens (including phenoxy) is 1. The van der Waals surface area contributed by atoms with Crippen molar-refractivity contribution in [2.24, 2.45) is 16.3 Å². The molecule has 3 amide bonds. The zero-order valence-electron chi connectivity index (χ0n) is 20.7. The number of hydrogen-bond acceptors (Lipinski definition) is 6. The molecule has 34 heavy (non-hydrogen) atoms. The van der Waals surface area contributed by atoms with E-state index in [0.717, 1.165) is 37.1 Å². The SMILES string of the molecule is CCCN1C(=O)C2C(N=C(C3CCCC3)N2COC(=O)C(C)(C)C)N(Cc2ccccc2)C1=O. The lowest BCUT2D eigenvalue weighted by atomic mass is 9.97. The van der Waals surface area contributed by atoms with Crippen LogP contribution in [0.25, 0.3) is 0 Å². The zero-order chi connectivity index (χ0) is 24.5. The number of esters is 1. The second kappa shape index (κ2) is 9.76. The van der Waals surface area contributed by atoms with Gasteiger partial charge in [0.2, 0.25) is 0 Å². The molecule has 2 unspecified atom stereocenters. The Kier molecular flexibility index (Phi) is 6.96. The van der Waals surface area contributed by atoms with Crippen LogP contribution in [-0.2, 0) is 20.9 Å². The molecular weight excluding hydrogens is 432 g/mol. The molecule has 4 rings (SSSR count). The molecule has 2 aliphatic heterocycles. The van der Waals surface area contributed by atoms with Crippen molar-refractivity contribution in [1.82, 2.24) is 14.7 Å². The summed E-state index contributed by atoms with van der Waals surface area (Å²) in [5.41, 5.74) is 0.333. The Bertz CT molecular complexity index is 949. The van der Waals surface area contributed by atoms with E-state index >= 15 is 0 Å². The van der Waals surface area contributed by atoms with Crippen LogP contribution in [0.3, 0.4) is 0 Å². The Balaban J connectivity index is 1.69. The molecule has 0 N–H and O–H groups in total. The van der Waals surface area contributed by atoms with Crippen molar-refractivity contribution in [3.05, 3.63) is 35.9 Å². The number of carbonyl (C=O) groups excluding carboxylic acids is 3. The van der Waals surface area contributed by atoms with Gasteiger partial charge in [-0.1, -0.05) is 50.1 Å². The number of carbonyl (C=O) groups is 3. The number of rotatable bonds is 7. The van der Waals surface area contributed by atoms with Crippen molar-refractivity contribution in [2.75, 3.05) is 13.3 Å². The smallest absolute Gasteiger partial charge is 0.328 e. The maximum absolute atomic E-state index is 13.6. The van der Waals surface area contributed by atoms with Crippen LogP contribution in [0.15, 0.2) is 35.3 Å². The van der Waals surface area contributed by atoms with Gasteiger partial charge in [0.1, 0.15) is 5.84 Å². The van der Waals surface area contributed by atoms with Gasteiger partial charge in [0.15, 0.2) is 18.9 Å². The third-order valence-corrected chi connectivity index (χ3v) is 6.80. The molecule has 1 aromatic carbocycles. The minimum Gasteiger partial charge on any atom is -0.444 e. The number of nitrogens with zero attached hydrogens (tertiary/aromatic N) is 4. The van der Waals surface area contributed by atoms with Crippen molar-refractivity contribution in [3.63, 3.8) is 0 Å². The van der Waals surface area contributed by atoms with E-state index < -0.39 is 17.6 Å². The maximum Gasteiger partial charge on any atom is 0.328 e. The molecular formula is C26H36N4O4. The standard InChI is InChI=1S/C26H36N4O4/c1-5-15-28-23(31)20-22(29(25(28)33)16-18-11-7-6-8-12-18)27-21(19-13-9-10-14-19)30(20)17-34-24(32)26(2,3)4/h6-8,11-12,19-20,22H,5,9-10,13-17H2,1-4H3. The summed E-state index contributed by atoms with van der Waals surface area (Å²) in [6, 6.07) is 8.78. The molecule has 0 bridgehead atoms. The highest BCUT2D eigenvalue weighted by molar-refractivity contribution is 6.04. The second-order valence-electron chi connectivity index (χ2n) is 10.5. The molecule has 1 saturated carbocycles. The molecule has 0 spiro atoms. The molecule has 8 heteroatoms. The fraction of sp³-hybridized carbons (Fsp3) is 0.615. The third kappa shape index (κ3) is 4.68. The lowest BCUT2D eigenvalue weighted by Crippen LogP contribution is -2.66. The minimum absolute atomic E-state index is 0.0360. The quantitative estimate of drug-likeness (QED) is 0.565. The number of amidine groups is 1. The Morgan fingerprint density at radius 3 is 2.38 bits per heavy atom. The second-order valence-corrected chi connectivity index (χ2v) is 10.5. The van der Waals surface area contributed by atoms with Crippen LogP contribution >= 0.6 is 0 Å². The number of amides is 3. The summed E-state index contributed by atoms with van der Waals surface area (Å²) in [6.07, 6.45) is 4.23. The molecule has 2 heterocycles. The minimum atomic E-state index is -0.684. The summed E-state index contributed by atoms with van der Waals surface area (Å²) in [4.78, 5) is 49.6. The summed E-state index contributed by atoms with van der Waals surface area (Å²) in [7, 11) is 0. The first kappa shape index (κ1) is 24.2. The van der Waals surface area contributed by atoms with Crippen LogP contribution < -0.4 is 0 Å². The Morgan fingerprint density at radius 1 is 1.09 bits per heavy atom. The molecule has 2 fully saturated rings. The van der Waals surface area contributed by atoms with Crippen LogP contribution in [-0.4, -0.2) is 63.9 Å². The van der Waals surface area contributed by atoms with Crippen molar-refractivity contribution in [1.29, 1.82) is 0 Å². The maximum atomic E-state index is 13.6. The number of benzene rings is 1. The van der Waals surface area contributed by atoms with Gasteiger partial charge in [0, 0.05) is 19.0 Å². The average Bonchev–Trinajstić information content (AvgIpc) is 3.46. The van der Waals surface area contributed by atoms with Crippen LogP contribution in [0.4, 0.5) is 4.79 Å². The van der Waals surface area contributed by atoms with Gasteiger partial charge in [0.05, 0.1) is 5.41 Å². The highest BCUT2D eigenvalue weighted by atomic mass is 16.5. The van der Waals surface area contributed by atoms with E-state index in [1.165, 1.54) is 4.90 Å². The fourth-order valence-electron chi connectivity index (χ4n) is 4.99. The van der Waals surface area contributed by atoms with Crippen LogP contribution in [0, 0.1) is 11.3 Å². The Morgan fingerprint density at radius 2 is 1.76 bits per heavy atom. The Hall–Kier alpha value is -2.90. The highest BCUT2D eigenvalue weighted by Crippen LogP contribution is 2.36. The fourth-order valence-corrected chi connectivity index (χ4v) is 4.99. The number of fused-ring (bicyclic) bond motifs is 1. The lowest BCUT2D eigenvalue weighted by Gasteiger charge is -2.43. The topological polar surface area (TPSA) is 82.5 Å².